The highest BCUT2D eigenvalue weighted by Gasteiger charge is 2.28. The van der Waals surface area contributed by atoms with Crippen molar-refractivity contribution in [1.82, 2.24) is 10.3 Å². The van der Waals surface area contributed by atoms with Gasteiger partial charge in [-0.25, -0.2) is 9.59 Å². The molecule has 0 atom stereocenters. The lowest BCUT2D eigenvalue weighted by Gasteiger charge is -2.14. The average Bonchev–Trinajstić information content (AvgIpc) is 3.23. The van der Waals surface area contributed by atoms with E-state index < -0.39 is 12.1 Å². The van der Waals surface area contributed by atoms with Crippen LogP contribution in [0.2, 0.25) is 0 Å². The number of aromatic nitrogens is 1. The number of aryl methyl sites for hydroxylation is 1. The monoisotopic (exact) mass is 416 g/mol. The third-order valence-electron chi connectivity index (χ3n) is 5.68. The van der Waals surface area contributed by atoms with Crippen molar-refractivity contribution in [3.05, 3.63) is 88.2 Å². The van der Waals surface area contributed by atoms with Crippen molar-refractivity contribution < 1.29 is 19.4 Å². The Balaban J connectivity index is 1.34. The summed E-state index contributed by atoms with van der Waals surface area (Å²) in [5.41, 5.74) is 6.98. The summed E-state index contributed by atoms with van der Waals surface area (Å²) in [6.07, 6.45) is 3.03. The molecule has 158 valence electrons. The van der Waals surface area contributed by atoms with Crippen LogP contribution in [0.1, 0.15) is 44.4 Å². The Labute approximate surface area is 180 Å². The number of H-pyrrole nitrogens is 1. The first kappa shape index (κ1) is 20.5. The van der Waals surface area contributed by atoms with Crippen molar-refractivity contribution in [1.29, 1.82) is 0 Å². The maximum atomic E-state index is 12.2. The quantitative estimate of drug-likeness (QED) is 0.534. The minimum atomic E-state index is -0.956. The molecule has 1 amide bonds. The first-order valence-corrected chi connectivity index (χ1v) is 10.1. The molecule has 0 aliphatic heterocycles. The number of rotatable bonds is 6. The second-order valence-electron chi connectivity index (χ2n) is 7.58. The number of ether oxygens (including phenoxy) is 1. The lowest BCUT2D eigenvalue weighted by molar-refractivity contribution is 0.0695. The molecule has 0 radical (unpaired) electrons. The van der Waals surface area contributed by atoms with E-state index in [1.165, 1.54) is 22.3 Å². The van der Waals surface area contributed by atoms with Crippen molar-refractivity contribution in [2.45, 2.75) is 19.8 Å². The molecular weight excluding hydrogens is 392 g/mol. The van der Waals surface area contributed by atoms with E-state index in [2.05, 4.69) is 34.6 Å². The molecule has 6 heteroatoms. The number of benzene rings is 2. The fraction of sp³-hybridized carbons (Fsp3) is 0.200. The first-order chi connectivity index (χ1) is 15.0. The lowest BCUT2D eigenvalue weighted by atomic mass is 9.98. The molecule has 2 aromatic carbocycles. The largest absolute Gasteiger partial charge is 0.478 e. The number of nitrogens with one attached hydrogen (secondary N) is 2. The highest BCUT2D eigenvalue weighted by Crippen LogP contribution is 2.44. The summed E-state index contributed by atoms with van der Waals surface area (Å²) in [5, 5.41) is 12.0. The molecule has 3 aromatic rings. The van der Waals surface area contributed by atoms with E-state index in [1.54, 1.807) is 26.0 Å². The number of carbonyl (C=O) groups is 2. The predicted molar refractivity (Wildman–Crippen MR) is 119 cm³/mol. The van der Waals surface area contributed by atoms with Gasteiger partial charge in [0.25, 0.3) is 0 Å². The summed E-state index contributed by atoms with van der Waals surface area (Å²) in [4.78, 5) is 26.5. The molecule has 1 aliphatic carbocycles. The van der Waals surface area contributed by atoms with Crippen LogP contribution in [-0.2, 0) is 4.74 Å². The van der Waals surface area contributed by atoms with Crippen LogP contribution in [0.4, 0.5) is 4.79 Å². The lowest BCUT2D eigenvalue weighted by Crippen LogP contribution is -2.26. The third kappa shape index (κ3) is 3.97. The van der Waals surface area contributed by atoms with Crippen LogP contribution in [0.25, 0.3) is 17.2 Å². The Morgan fingerprint density at radius 3 is 2.26 bits per heavy atom. The summed E-state index contributed by atoms with van der Waals surface area (Å²) >= 11 is 0. The summed E-state index contributed by atoms with van der Waals surface area (Å²) in [5.74, 6) is -0.935. The van der Waals surface area contributed by atoms with E-state index in [4.69, 9.17) is 4.74 Å². The number of hydrogen-bond donors (Lipinski definition) is 3. The van der Waals surface area contributed by atoms with Crippen LogP contribution in [0.3, 0.4) is 0 Å². The van der Waals surface area contributed by atoms with Crippen LogP contribution in [-0.4, -0.2) is 35.3 Å². The smallest absolute Gasteiger partial charge is 0.407 e. The van der Waals surface area contributed by atoms with Crippen molar-refractivity contribution in [3.63, 3.8) is 0 Å². The van der Waals surface area contributed by atoms with Crippen LogP contribution >= 0.6 is 0 Å². The highest BCUT2D eigenvalue weighted by atomic mass is 16.5. The molecule has 0 bridgehead atoms. The molecule has 0 saturated heterocycles. The maximum Gasteiger partial charge on any atom is 0.407 e. The number of amides is 1. The molecular formula is C25H24N2O4. The van der Waals surface area contributed by atoms with Crippen molar-refractivity contribution in [2.75, 3.05) is 13.2 Å². The Kier molecular flexibility index (Phi) is 5.62. The predicted octanol–water partition coefficient (Wildman–Crippen LogP) is 4.88. The molecule has 3 N–H and O–H groups in total. The zero-order valence-corrected chi connectivity index (χ0v) is 17.4. The molecule has 0 fully saturated rings. The number of carboxylic acid groups (broad SMARTS) is 1. The Morgan fingerprint density at radius 1 is 1.06 bits per heavy atom. The van der Waals surface area contributed by atoms with E-state index in [1.807, 2.05) is 24.3 Å². The Morgan fingerprint density at radius 2 is 1.68 bits per heavy atom. The highest BCUT2D eigenvalue weighted by molar-refractivity contribution is 5.92. The van der Waals surface area contributed by atoms with E-state index >= 15 is 0 Å². The topological polar surface area (TPSA) is 91.4 Å². The van der Waals surface area contributed by atoms with Gasteiger partial charge in [-0.1, -0.05) is 54.6 Å². The summed E-state index contributed by atoms with van der Waals surface area (Å²) in [6.45, 7) is 4.02. The molecule has 1 aliphatic rings. The first-order valence-electron chi connectivity index (χ1n) is 10.1. The summed E-state index contributed by atoms with van der Waals surface area (Å²) < 4.78 is 5.50. The average molecular weight is 416 g/mol. The van der Waals surface area contributed by atoms with Gasteiger partial charge in [-0.3, -0.25) is 0 Å². The maximum absolute atomic E-state index is 12.2. The number of aromatic carboxylic acids is 1. The van der Waals surface area contributed by atoms with Gasteiger partial charge < -0.3 is 20.1 Å². The van der Waals surface area contributed by atoms with Gasteiger partial charge in [0.15, 0.2) is 0 Å². The molecule has 1 heterocycles. The standard InChI is InChI=1S/C25H24N2O4/c1-15-22(27-16(2)23(15)24(28)29)12-7-13-26-25(30)31-14-21-19-10-5-3-8-17(19)18-9-4-6-11-20(18)21/h3-12,21,27H,13-14H2,1-2H3,(H,26,30)(H,28,29). The van der Waals surface area contributed by atoms with Gasteiger partial charge in [0.1, 0.15) is 6.61 Å². The van der Waals surface area contributed by atoms with Gasteiger partial charge in [-0.15, -0.1) is 0 Å². The second kappa shape index (κ2) is 8.52. The summed E-state index contributed by atoms with van der Waals surface area (Å²) in [7, 11) is 0. The van der Waals surface area contributed by atoms with Crippen LogP contribution in [0, 0.1) is 13.8 Å². The fourth-order valence-electron chi connectivity index (χ4n) is 4.23. The third-order valence-corrected chi connectivity index (χ3v) is 5.68. The minimum Gasteiger partial charge on any atom is -0.478 e. The normalized spacial score (nSPS) is 12.6. The Bertz CT molecular complexity index is 1130. The van der Waals surface area contributed by atoms with Crippen LogP contribution < -0.4 is 5.32 Å². The zero-order valence-electron chi connectivity index (χ0n) is 17.4. The van der Waals surface area contributed by atoms with Gasteiger partial charge in [0, 0.05) is 23.9 Å². The van der Waals surface area contributed by atoms with Gasteiger partial charge in [0.05, 0.1) is 5.56 Å². The van der Waals surface area contributed by atoms with Gasteiger partial charge in [-0.2, -0.15) is 0 Å². The number of alkyl carbamates (subject to hydrolysis) is 1. The van der Waals surface area contributed by atoms with Gasteiger partial charge >= 0.3 is 12.1 Å². The van der Waals surface area contributed by atoms with E-state index in [9.17, 15) is 14.7 Å². The van der Waals surface area contributed by atoms with E-state index in [0.717, 1.165) is 0 Å². The number of fused-ring (bicyclic) bond motifs is 3. The van der Waals surface area contributed by atoms with E-state index in [0.29, 0.717) is 17.0 Å². The molecule has 1 aromatic heterocycles. The molecule has 4 rings (SSSR count). The van der Waals surface area contributed by atoms with Crippen LogP contribution in [0.5, 0.6) is 0 Å². The molecule has 31 heavy (non-hydrogen) atoms. The molecule has 0 saturated carbocycles. The van der Waals surface area contributed by atoms with Gasteiger partial charge in [-0.05, 0) is 47.7 Å². The van der Waals surface area contributed by atoms with Crippen molar-refractivity contribution in [3.8, 4) is 11.1 Å². The summed E-state index contributed by atoms with van der Waals surface area (Å²) in [6, 6.07) is 16.4. The fourth-order valence-corrected chi connectivity index (χ4v) is 4.23. The number of hydrogen-bond acceptors (Lipinski definition) is 3. The number of carbonyl (C=O) groups excluding carboxylic acids is 1. The minimum absolute atomic E-state index is 0.0210. The second-order valence-corrected chi connectivity index (χ2v) is 7.58. The number of aromatic amines is 1. The van der Waals surface area contributed by atoms with Gasteiger partial charge in [0.2, 0.25) is 0 Å². The van der Waals surface area contributed by atoms with Crippen molar-refractivity contribution >= 4 is 18.1 Å². The van der Waals surface area contributed by atoms with E-state index in [-0.39, 0.29) is 24.6 Å². The molecule has 6 nitrogen and oxygen atoms in total. The molecule has 0 spiro atoms. The van der Waals surface area contributed by atoms with Crippen molar-refractivity contribution in [2.24, 2.45) is 0 Å². The number of carboxylic acids is 1. The van der Waals surface area contributed by atoms with Crippen LogP contribution in [0.15, 0.2) is 54.6 Å². The SMILES string of the molecule is Cc1[nH]c(C=CCNC(=O)OCC2c3ccccc3-c3ccccc32)c(C)c1C(=O)O. The zero-order chi connectivity index (χ0) is 22.0. The molecule has 0 unspecified atom stereocenters. The Hall–Kier alpha value is -3.80.